The average molecular weight is 442 g/mol. The number of ketones is 1. The summed E-state index contributed by atoms with van der Waals surface area (Å²) in [7, 11) is 0. The van der Waals surface area contributed by atoms with Crippen LogP contribution in [0.4, 0.5) is 0 Å². The molecule has 5 rings (SSSR count). The molecule has 7 nitrogen and oxygen atoms in total. The van der Waals surface area contributed by atoms with E-state index in [1.807, 2.05) is 37.3 Å². The molecule has 33 heavy (non-hydrogen) atoms. The molecular formula is C26H22N2O5. The fourth-order valence-electron chi connectivity index (χ4n) is 4.26. The van der Waals surface area contributed by atoms with E-state index in [0.717, 1.165) is 16.7 Å². The second kappa shape index (κ2) is 8.43. The van der Waals surface area contributed by atoms with Crippen molar-refractivity contribution < 1.29 is 24.2 Å². The number of aryl methyl sites for hydroxylation is 1. The first-order chi connectivity index (χ1) is 16.0. The summed E-state index contributed by atoms with van der Waals surface area (Å²) in [5.41, 5.74) is 2.95. The number of aliphatic hydroxyl groups excluding tert-OH is 1. The Morgan fingerprint density at radius 3 is 2.64 bits per heavy atom. The lowest BCUT2D eigenvalue weighted by Gasteiger charge is -2.25. The fourth-order valence-corrected chi connectivity index (χ4v) is 4.26. The van der Waals surface area contributed by atoms with Crippen molar-refractivity contribution in [3.8, 4) is 11.5 Å². The van der Waals surface area contributed by atoms with Crippen molar-refractivity contribution in [3.63, 3.8) is 0 Å². The van der Waals surface area contributed by atoms with Crippen LogP contribution in [0.2, 0.25) is 0 Å². The summed E-state index contributed by atoms with van der Waals surface area (Å²) >= 11 is 0. The predicted molar refractivity (Wildman–Crippen MR) is 121 cm³/mol. The zero-order chi connectivity index (χ0) is 22.9. The number of benzene rings is 2. The largest absolute Gasteiger partial charge is 0.507 e. The Morgan fingerprint density at radius 2 is 1.88 bits per heavy atom. The summed E-state index contributed by atoms with van der Waals surface area (Å²) in [5, 5.41) is 11.3. The van der Waals surface area contributed by atoms with Crippen molar-refractivity contribution in [2.75, 3.05) is 13.2 Å². The van der Waals surface area contributed by atoms with Gasteiger partial charge in [-0.2, -0.15) is 0 Å². The highest BCUT2D eigenvalue weighted by atomic mass is 16.6. The standard InChI is InChI=1S/C26H22N2O5/c1-16-4-2-6-18(12-16)23-22(24(29)19-7-8-20-21(13-19)33-11-10-32-20)25(30)26(31)28(23)15-17-5-3-9-27-14-17/h2-9,12-14,23,29H,10-11,15H2,1H3/b24-22-. The van der Waals surface area contributed by atoms with E-state index >= 15 is 0 Å². The molecule has 7 heteroatoms. The maximum Gasteiger partial charge on any atom is 0.295 e. The highest BCUT2D eigenvalue weighted by Crippen LogP contribution is 2.41. The van der Waals surface area contributed by atoms with Crippen molar-refractivity contribution in [3.05, 3.63) is 94.8 Å². The quantitative estimate of drug-likeness (QED) is 0.376. The van der Waals surface area contributed by atoms with Crippen LogP contribution in [0.5, 0.6) is 11.5 Å². The average Bonchev–Trinajstić information content (AvgIpc) is 3.09. The molecule has 1 atom stereocenters. The van der Waals surface area contributed by atoms with Gasteiger partial charge < -0.3 is 19.5 Å². The van der Waals surface area contributed by atoms with Crippen LogP contribution in [-0.4, -0.2) is 39.9 Å². The summed E-state index contributed by atoms with van der Waals surface area (Å²) in [6, 6.07) is 15.5. The Morgan fingerprint density at radius 1 is 1.06 bits per heavy atom. The Hall–Kier alpha value is -4.13. The van der Waals surface area contributed by atoms with Crippen molar-refractivity contribution in [1.82, 2.24) is 9.88 Å². The van der Waals surface area contributed by atoms with E-state index < -0.39 is 17.7 Å². The SMILES string of the molecule is Cc1cccc(C2/C(=C(/O)c3ccc4c(c3)OCCO4)C(=O)C(=O)N2Cc2cccnc2)c1. The number of aromatic nitrogens is 1. The Labute approximate surface area is 190 Å². The molecule has 0 radical (unpaired) electrons. The van der Waals surface area contributed by atoms with E-state index in [1.54, 1.807) is 36.7 Å². The molecule has 0 saturated carbocycles. The van der Waals surface area contributed by atoms with Gasteiger partial charge in [0.15, 0.2) is 11.5 Å². The van der Waals surface area contributed by atoms with Gasteiger partial charge in [0.05, 0.1) is 11.6 Å². The molecule has 1 fully saturated rings. The maximum atomic E-state index is 13.2. The number of rotatable bonds is 4. The van der Waals surface area contributed by atoms with Gasteiger partial charge in [0.1, 0.15) is 19.0 Å². The van der Waals surface area contributed by atoms with E-state index in [-0.39, 0.29) is 17.9 Å². The normalized spacial score (nSPS) is 19.1. The number of fused-ring (bicyclic) bond motifs is 1. The molecule has 1 saturated heterocycles. The molecule has 2 aliphatic rings. The fraction of sp³-hybridized carbons (Fsp3) is 0.192. The maximum absolute atomic E-state index is 13.2. The molecule has 2 aliphatic heterocycles. The number of ether oxygens (including phenoxy) is 2. The Kier molecular flexibility index (Phi) is 5.30. The summed E-state index contributed by atoms with van der Waals surface area (Å²) in [5.74, 6) is -0.570. The smallest absolute Gasteiger partial charge is 0.295 e. The number of aliphatic hydroxyl groups is 1. The van der Waals surface area contributed by atoms with Crippen LogP contribution in [0.15, 0.2) is 72.6 Å². The minimum atomic E-state index is -0.738. The van der Waals surface area contributed by atoms with Crippen molar-refractivity contribution in [1.29, 1.82) is 0 Å². The third-order valence-electron chi connectivity index (χ3n) is 5.79. The lowest BCUT2D eigenvalue weighted by molar-refractivity contribution is -0.140. The van der Waals surface area contributed by atoms with E-state index in [1.165, 1.54) is 4.90 Å². The van der Waals surface area contributed by atoms with Crippen LogP contribution in [-0.2, 0) is 16.1 Å². The molecule has 1 unspecified atom stereocenters. The number of hydrogen-bond acceptors (Lipinski definition) is 6. The van der Waals surface area contributed by atoms with Crippen LogP contribution >= 0.6 is 0 Å². The van der Waals surface area contributed by atoms with Gasteiger partial charge in [-0.1, -0.05) is 35.9 Å². The van der Waals surface area contributed by atoms with Crippen LogP contribution in [0.25, 0.3) is 5.76 Å². The minimum absolute atomic E-state index is 0.0474. The Balaban J connectivity index is 1.64. The van der Waals surface area contributed by atoms with Crippen LogP contribution in [0, 0.1) is 6.92 Å². The predicted octanol–water partition coefficient (Wildman–Crippen LogP) is 3.78. The zero-order valence-electron chi connectivity index (χ0n) is 18.0. The molecule has 0 spiro atoms. The first kappa shape index (κ1) is 20.8. The van der Waals surface area contributed by atoms with Gasteiger partial charge in [-0.05, 0) is 42.3 Å². The number of Topliss-reactive ketones (excluding diaryl/α,β-unsaturated/α-hetero) is 1. The Bertz CT molecular complexity index is 1270. The second-order valence-electron chi connectivity index (χ2n) is 8.06. The van der Waals surface area contributed by atoms with Gasteiger partial charge in [0.25, 0.3) is 11.7 Å². The molecule has 2 aromatic carbocycles. The lowest BCUT2D eigenvalue weighted by atomic mass is 9.94. The molecular weight excluding hydrogens is 420 g/mol. The van der Waals surface area contributed by atoms with Gasteiger partial charge in [-0.15, -0.1) is 0 Å². The highest BCUT2D eigenvalue weighted by molar-refractivity contribution is 6.46. The van der Waals surface area contributed by atoms with Crippen LogP contribution in [0.1, 0.15) is 28.3 Å². The van der Waals surface area contributed by atoms with Gasteiger partial charge in [0, 0.05) is 24.5 Å². The van der Waals surface area contributed by atoms with Crippen molar-refractivity contribution in [2.45, 2.75) is 19.5 Å². The summed E-state index contributed by atoms with van der Waals surface area (Å²) in [6.07, 6.45) is 3.31. The number of hydrogen-bond donors (Lipinski definition) is 1. The summed E-state index contributed by atoms with van der Waals surface area (Å²) in [4.78, 5) is 31.9. The molecule has 3 heterocycles. The molecule has 1 N–H and O–H groups in total. The van der Waals surface area contributed by atoms with Gasteiger partial charge in [-0.25, -0.2) is 0 Å². The monoisotopic (exact) mass is 442 g/mol. The number of pyridine rings is 1. The van der Waals surface area contributed by atoms with E-state index in [4.69, 9.17) is 9.47 Å². The second-order valence-corrected chi connectivity index (χ2v) is 8.06. The number of carbonyl (C=O) groups is 2. The summed E-state index contributed by atoms with van der Waals surface area (Å²) < 4.78 is 11.2. The van der Waals surface area contributed by atoms with Gasteiger partial charge >= 0.3 is 0 Å². The molecule has 1 aromatic heterocycles. The molecule has 1 amide bonds. The third kappa shape index (κ3) is 3.82. The molecule has 0 bridgehead atoms. The zero-order valence-corrected chi connectivity index (χ0v) is 18.0. The first-order valence-corrected chi connectivity index (χ1v) is 10.7. The first-order valence-electron chi connectivity index (χ1n) is 10.7. The third-order valence-corrected chi connectivity index (χ3v) is 5.79. The van der Waals surface area contributed by atoms with E-state index in [0.29, 0.717) is 30.3 Å². The van der Waals surface area contributed by atoms with Gasteiger partial charge in [0.2, 0.25) is 0 Å². The molecule has 166 valence electrons. The number of carbonyl (C=O) groups excluding carboxylic acids is 2. The van der Waals surface area contributed by atoms with Gasteiger partial charge in [-0.3, -0.25) is 14.6 Å². The van der Waals surface area contributed by atoms with E-state index in [2.05, 4.69) is 4.98 Å². The van der Waals surface area contributed by atoms with Crippen LogP contribution in [0.3, 0.4) is 0 Å². The highest BCUT2D eigenvalue weighted by Gasteiger charge is 2.46. The lowest BCUT2D eigenvalue weighted by Crippen LogP contribution is -2.29. The number of likely N-dealkylation sites (tertiary alicyclic amines) is 1. The molecule has 0 aliphatic carbocycles. The molecule has 3 aromatic rings. The van der Waals surface area contributed by atoms with Crippen molar-refractivity contribution in [2.24, 2.45) is 0 Å². The van der Waals surface area contributed by atoms with Crippen LogP contribution < -0.4 is 9.47 Å². The van der Waals surface area contributed by atoms with Crippen molar-refractivity contribution >= 4 is 17.4 Å². The van der Waals surface area contributed by atoms with E-state index in [9.17, 15) is 14.7 Å². The minimum Gasteiger partial charge on any atom is -0.507 e. The topological polar surface area (TPSA) is 89.0 Å². The summed E-state index contributed by atoms with van der Waals surface area (Å²) in [6.45, 7) is 2.98. The number of amides is 1. The number of nitrogens with zero attached hydrogens (tertiary/aromatic N) is 2.